The Morgan fingerprint density at radius 3 is 2.61 bits per heavy atom. The quantitative estimate of drug-likeness (QED) is 0.739. The molecule has 0 fully saturated rings. The number of aromatic nitrogens is 3. The summed E-state index contributed by atoms with van der Waals surface area (Å²) < 4.78 is 1.83. The van der Waals surface area contributed by atoms with E-state index in [1.165, 1.54) is 4.90 Å². The molecule has 0 unspecified atom stereocenters. The van der Waals surface area contributed by atoms with Gasteiger partial charge in [-0.25, -0.2) is 9.50 Å². The maximum Gasteiger partial charge on any atom is 0.253 e. The van der Waals surface area contributed by atoms with Crippen LogP contribution in [0.5, 0.6) is 0 Å². The minimum atomic E-state index is -0.106. The second kappa shape index (κ2) is 7.80. The summed E-state index contributed by atoms with van der Waals surface area (Å²) in [7, 11) is 3.40. The van der Waals surface area contributed by atoms with Crippen LogP contribution in [0.2, 0.25) is 0 Å². The van der Waals surface area contributed by atoms with Crippen molar-refractivity contribution in [1.82, 2.24) is 19.5 Å². The molecule has 146 valence electrons. The van der Waals surface area contributed by atoms with E-state index in [1.54, 1.807) is 38.4 Å². The number of hydrogen-bond donors (Lipinski definition) is 1. The lowest BCUT2D eigenvalue weighted by atomic mass is 10.1. The third kappa shape index (κ3) is 4.03. The van der Waals surface area contributed by atoms with E-state index in [1.807, 2.05) is 31.4 Å². The number of carbonyl (C=O) groups is 2. The van der Waals surface area contributed by atoms with E-state index < -0.39 is 0 Å². The van der Waals surface area contributed by atoms with Crippen molar-refractivity contribution in [3.8, 4) is 0 Å². The van der Waals surface area contributed by atoms with Crippen LogP contribution in [-0.4, -0.2) is 45.4 Å². The van der Waals surface area contributed by atoms with Crippen molar-refractivity contribution in [2.24, 2.45) is 0 Å². The number of nitrogens with one attached hydrogen (secondary N) is 1. The number of benzene rings is 1. The van der Waals surface area contributed by atoms with Gasteiger partial charge in [-0.3, -0.25) is 9.59 Å². The summed E-state index contributed by atoms with van der Waals surface area (Å²) >= 11 is 0. The van der Waals surface area contributed by atoms with Crippen molar-refractivity contribution in [3.63, 3.8) is 0 Å². The molecule has 0 saturated carbocycles. The predicted molar refractivity (Wildman–Crippen MR) is 109 cm³/mol. The van der Waals surface area contributed by atoms with Gasteiger partial charge in [-0.2, -0.15) is 5.10 Å². The molecular formula is C21H25N5O2. The number of carbonyl (C=O) groups excluding carboxylic acids is 2. The number of fused-ring (bicyclic) bond motifs is 1. The maximum atomic E-state index is 12.4. The Hall–Kier alpha value is -3.22. The lowest BCUT2D eigenvalue weighted by molar-refractivity contribution is -0.116. The van der Waals surface area contributed by atoms with Gasteiger partial charge in [0.25, 0.3) is 5.91 Å². The summed E-state index contributed by atoms with van der Waals surface area (Å²) in [6, 6.07) is 8.91. The molecule has 2 aromatic heterocycles. The number of rotatable bonds is 5. The van der Waals surface area contributed by atoms with Gasteiger partial charge in [0.05, 0.1) is 5.69 Å². The number of nitrogens with zero attached hydrogens (tertiary/aromatic N) is 4. The number of amides is 2. The van der Waals surface area contributed by atoms with Gasteiger partial charge in [0.15, 0.2) is 5.65 Å². The molecule has 0 bridgehead atoms. The Morgan fingerprint density at radius 2 is 1.89 bits per heavy atom. The highest BCUT2D eigenvalue weighted by atomic mass is 16.2. The third-order valence-corrected chi connectivity index (χ3v) is 4.69. The molecule has 1 aromatic carbocycles. The fraction of sp³-hybridized carbons (Fsp3) is 0.333. The van der Waals surface area contributed by atoms with Crippen LogP contribution >= 0.6 is 0 Å². The molecule has 0 aliphatic carbocycles. The first-order chi connectivity index (χ1) is 13.3. The van der Waals surface area contributed by atoms with Crippen LogP contribution in [0.25, 0.3) is 5.65 Å². The molecule has 28 heavy (non-hydrogen) atoms. The molecule has 1 N–H and O–H groups in total. The second-order valence-corrected chi connectivity index (χ2v) is 7.15. The molecule has 2 amide bonds. The molecule has 0 aliphatic heterocycles. The van der Waals surface area contributed by atoms with E-state index >= 15 is 0 Å². The molecule has 0 atom stereocenters. The Balaban J connectivity index is 1.71. The van der Waals surface area contributed by atoms with Crippen molar-refractivity contribution in [2.75, 3.05) is 19.4 Å². The number of hydrogen-bond acceptors (Lipinski definition) is 4. The van der Waals surface area contributed by atoms with Crippen molar-refractivity contribution in [3.05, 3.63) is 58.5 Å². The van der Waals surface area contributed by atoms with Crippen LogP contribution in [0.4, 0.5) is 5.69 Å². The minimum absolute atomic E-state index is 0.101. The van der Waals surface area contributed by atoms with Gasteiger partial charge < -0.3 is 10.2 Å². The first-order valence-electron chi connectivity index (χ1n) is 9.20. The molecule has 3 rings (SSSR count). The normalized spacial score (nSPS) is 10.9. The molecule has 2 heterocycles. The van der Waals surface area contributed by atoms with E-state index in [2.05, 4.69) is 15.4 Å². The van der Waals surface area contributed by atoms with Crippen LogP contribution in [-0.2, 0) is 11.2 Å². The standard InChI is InChI=1S/C21H25N5O2/c1-13-11-19-22-14(2)18(15(3)26(19)24-13)9-10-20(27)23-17-8-6-7-16(12-17)21(28)25(4)5/h6-8,11-12H,9-10H2,1-5H3,(H,23,27). The largest absolute Gasteiger partial charge is 0.345 e. The Labute approximate surface area is 164 Å². The predicted octanol–water partition coefficient (Wildman–Crippen LogP) is 2.93. The topological polar surface area (TPSA) is 79.6 Å². The zero-order valence-electron chi connectivity index (χ0n) is 16.9. The molecule has 0 aliphatic rings. The Kier molecular flexibility index (Phi) is 5.44. The first kappa shape index (κ1) is 19.5. The maximum absolute atomic E-state index is 12.4. The van der Waals surface area contributed by atoms with E-state index in [0.717, 1.165) is 28.3 Å². The highest BCUT2D eigenvalue weighted by molar-refractivity contribution is 5.97. The molecule has 0 radical (unpaired) electrons. The van der Waals surface area contributed by atoms with Gasteiger partial charge in [-0.05, 0) is 51.0 Å². The van der Waals surface area contributed by atoms with Crippen molar-refractivity contribution < 1.29 is 9.59 Å². The SMILES string of the molecule is Cc1cc2nc(C)c(CCC(=O)Nc3cccc(C(=O)N(C)C)c3)c(C)n2n1. The van der Waals surface area contributed by atoms with Gasteiger partial charge >= 0.3 is 0 Å². The van der Waals surface area contributed by atoms with E-state index in [9.17, 15) is 9.59 Å². The van der Waals surface area contributed by atoms with E-state index in [-0.39, 0.29) is 11.8 Å². The van der Waals surface area contributed by atoms with Gasteiger partial charge in [0.2, 0.25) is 5.91 Å². The van der Waals surface area contributed by atoms with Crippen LogP contribution in [0.3, 0.4) is 0 Å². The summed E-state index contributed by atoms with van der Waals surface area (Å²) in [5, 5.41) is 7.34. The highest BCUT2D eigenvalue weighted by Gasteiger charge is 2.14. The average Bonchev–Trinajstić information content (AvgIpc) is 3.01. The van der Waals surface area contributed by atoms with Crippen LogP contribution in [0.1, 0.15) is 39.4 Å². The first-order valence-corrected chi connectivity index (χ1v) is 9.20. The van der Waals surface area contributed by atoms with Gasteiger partial charge in [-0.1, -0.05) is 6.07 Å². The van der Waals surface area contributed by atoms with Crippen molar-refractivity contribution in [1.29, 1.82) is 0 Å². The third-order valence-electron chi connectivity index (χ3n) is 4.69. The molecule has 0 spiro atoms. The fourth-order valence-electron chi connectivity index (χ4n) is 3.25. The van der Waals surface area contributed by atoms with Crippen LogP contribution in [0.15, 0.2) is 30.3 Å². The zero-order valence-corrected chi connectivity index (χ0v) is 16.9. The second-order valence-electron chi connectivity index (χ2n) is 7.15. The van der Waals surface area contributed by atoms with E-state index in [4.69, 9.17) is 0 Å². The summed E-state index contributed by atoms with van der Waals surface area (Å²) in [5.74, 6) is -0.207. The Morgan fingerprint density at radius 1 is 1.14 bits per heavy atom. The monoisotopic (exact) mass is 379 g/mol. The molecule has 7 nitrogen and oxygen atoms in total. The zero-order chi connectivity index (χ0) is 20.4. The fourth-order valence-corrected chi connectivity index (χ4v) is 3.25. The summed E-state index contributed by atoms with van der Waals surface area (Å²) in [5.41, 5.74) is 5.83. The average molecular weight is 379 g/mol. The van der Waals surface area contributed by atoms with Crippen LogP contribution < -0.4 is 5.32 Å². The van der Waals surface area contributed by atoms with Crippen LogP contribution in [0, 0.1) is 20.8 Å². The van der Waals surface area contributed by atoms with Crippen molar-refractivity contribution in [2.45, 2.75) is 33.6 Å². The molecule has 7 heteroatoms. The summed E-state index contributed by atoms with van der Waals surface area (Å²) in [6.07, 6.45) is 0.892. The van der Waals surface area contributed by atoms with Crippen molar-refractivity contribution >= 4 is 23.1 Å². The molecule has 0 saturated heterocycles. The van der Waals surface area contributed by atoms with Gasteiger partial charge in [-0.15, -0.1) is 0 Å². The summed E-state index contributed by atoms with van der Waals surface area (Å²) in [4.78, 5) is 30.6. The highest BCUT2D eigenvalue weighted by Crippen LogP contribution is 2.18. The molecule has 3 aromatic rings. The number of anilines is 1. The van der Waals surface area contributed by atoms with Gasteiger partial charge in [0, 0.05) is 49.2 Å². The minimum Gasteiger partial charge on any atom is -0.345 e. The summed E-state index contributed by atoms with van der Waals surface area (Å²) in [6.45, 7) is 5.89. The number of aryl methyl sites for hydroxylation is 3. The molecular weight excluding hydrogens is 354 g/mol. The Bertz CT molecular complexity index is 1050. The lowest BCUT2D eigenvalue weighted by Gasteiger charge is -2.13. The smallest absolute Gasteiger partial charge is 0.253 e. The van der Waals surface area contributed by atoms with E-state index in [0.29, 0.717) is 24.1 Å². The van der Waals surface area contributed by atoms with Gasteiger partial charge in [0.1, 0.15) is 0 Å². The lowest BCUT2D eigenvalue weighted by Crippen LogP contribution is -2.22.